The van der Waals surface area contributed by atoms with E-state index < -0.39 is 47.7 Å². The molecule has 4 amide bonds. The Morgan fingerprint density at radius 2 is 1.37 bits per heavy atom. The van der Waals surface area contributed by atoms with Crippen molar-refractivity contribution in [1.29, 1.82) is 0 Å². The minimum atomic E-state index is -1.19. The summed E-state index contributed by atoms with van der Waals surface area (Å²) in [6.07, 6.45) is -0.0237. The third-order valence-corrected chi connectivity index (χ3v) is 6.08. The zero-order valence-corrected chi connectivity index (χ0v) is 22.8. The zero-order chi connectivity index (χ0) is 30.4. The lowest BCUT2D eigenvalue weighted by molar-refractivity contribution is -0.138. The molecule has 0 unspecified atom stereocenters. The predicted octanol–water partition coefficient (Wildman–Crippen LogP) is -0.226. The lowest BCUT2D eigenvalue weighted by atomic mass is 9.99. The number of aliphatic carboxylic acids is 1. The van der Waals surface area contributed by atoms with Crippen LogP contribution in [0.2, 0.25) is 0 Å². The number of carbonyl (C=O) groups is 5. The summed E-state index contributed by atoms with van der Waals surface area (Å²) in [6, 6.07) is 13.6. The van der Waals surface area contributed by atoms with E-state index in [0.29, 0.717) is 12.0 Å². The molecule has 2 aromatic carbocycles. The molecule has 0 bridgehead atoms. The molecule has 2 aromatic rings. The van der Waals surface area contributed by atoms with Crippen LogP contribution in [0.25, 0.3) is 11.1 Å². The Labute approximate surface area is 237 Å². The fraction of sp³-hybridized carbons (Fsp3) is 0.357. The molecular weight excluding hydrogens is 530 g/mol. The van der Waals surface area contributed by atoms with Gasteiger partial charge in [-0.1, -0.05) is 54.6 Å². The smallest absolute Gasteiger partial charge is 0.303 e. The number of carboxylic acid groups (broad SMARTS) is 1. The van der Waals surface area contributed by atoms with E-state index in [9.17, 15) is 24.0 Å². The van der Waals surface area contributed by atoms with Crippen LogP contribution < -0.4 is 33.2 Å². The maximum absolute atomic E-state index is 13.4. The van der Waals surface area contributed by atoms with E-state index in [1.165, 1.54) is 6.92 Å². The monoisotopic (exact) mass is 567 g/mol. The molecule has 10 N–H and O–H groups in total. The number of nitrogens with two attached hydrogens (primary N) is 3. The highest BCUT2D eigenvalue weighted by Crippen LogP contribution is 2.20. The van der Waals surface area contributed by atoms with E-state index >= 15 is 0 Å². The molecule has 41 heavy (non-hydrogen) atoms. The van der Waals surface area contributed by atoms with E-state index in [-0.39, 0.29) is 38.2 Å². The van der Waals surface area contributed by atoms with Crippen LogP contribution >= 0.6 is 0 Å². The number of primary amides is 1. The van der Waals surface area contributed by atoms with Gasteiger partial charge in [0.2, 0.25) is 23.6 Å². The summed E-state index contributed by atoms with van der Waals surface area (Å²) < 4.78 is 0. The number of nitrogens with one attached hydrogen (secondary N) is 3. The Hall–Kier alpha value is -4.94. The van der Waals surface area contributed by atoms with Crippen molar-refractivity contribution in [2.45, 2.75) is 57.2 Å². The molecule has 2 rings (SSSR count). The molecule has 0 spiro atoms. The summed E-state index contributed by atoms with van der Waals surface area (Å²) in [6.45, 7) is 1.41. The molecule has 0 saturated carbocycles. The second-order valence-corrected chi connectivity index (χ2v) is 9.43. The molecule has 0 fully saturated rings. The fourth-order valence-electron chi connectivity index (χ4n) is 4.02. The summed E-state index contributed by atoms with van der Waals surface area (Å²) in [5.74, 6) is -4.00. The van der Waals surface area contributed by atoms with Crippen molar-refractivity contribution in [2.24, 2.45) is 22.2 Å². The third kappa shape index (κ3) is 11.8. The highest BCUT2D eigenvalue weighted by atomic mass is 16.4. The Morgan fingerprint density at radius 3 is 1.93 bits per heavy atom. The maximum atomic E-state index is 13.4. The van der Waals surface area contributed by atoms with Crippen LogP contribution in [0.1, 0.15) is 38.2 Å². The number of hydrogen-bond acceptors (Lipinski definition) is 6. The first-order valence-corrected chi connectivity index (χ1v) is 13.0. The lowest BCUT2D eigenvalue weighted by Crippen LogP contribution is -2.57. The number of carbonyl (C=O) groups excluding carboxylic acids is 4. The molecule has 0 heterocycles. The fourth-order valence-corrected chi connectivity index (χ4v) is 4.02. The first kappa shape index (κ1) is 32.3. The minimum absolute atomic E-state index is 0.0395. The van der Waals surface area contributed by atoms with Crippen LogP contribution in [-0.2, 0) is 30.4 Å². The second-order valence-electron chi connectivity index (χ2n) is 9.43. The summed E-state index contributed by atoms with van der Waals surface area (Å²) in [7, 11) is 0. The second kappa shape index (κ2) is 16.2. The molecule has 13 heteroatoms. The Kier molecular flexibility index (Phi) is 12.8. The van der Waals surface area contributed by atoms with Gasteiger partial charge in [0.1, 0.15) is 18.1 Å². The number of nitrogens with zero attached hydrogens (tertiary/aromatic N) is 1. The van der Waals surface area contributed by atoms with Gasteiger partial charge in [-0.15, -0.1) is 0 Å². The molecule has 0 aliphatic heterocycles. The van der Waals surface area contributed by atoms with Gasteiger partial charge in [0.05, 0.1) is 0 Å². The summed E-state index contributed by atoms with van der Waals surface area (Å²) >= 11 is 0. The Morgan fingerprint density at radius 1 is 0.780 bits per heavy atom. The van der Waals surface area contributed by atoms with Crippen molar-refractivity contribution < 1.29 is 29.1 Å². The van der Waals surface area contributed by atoms with Crippen molar-refractivity contribution in [3.05, 3.63) is 60.2 Å². The molecular formula is C28H37N7O6. The number of guanidine groups is 1. The van der Waals surface area contributed by atoms with Gasteiger partial charge in [0, 0.05) is 26.3 Å². The van der Waals surface area contributed by atoms with Gasteiger partial charge in [-0.25, -0.2) is 0 Å². The van der Waals surface area contributed by atoms with Crippen LogP contribution in [0.3, 0.4) is 0 Å². The topological polar surface area (TPSA) is 232 Å². The van der Waals surface area contributed by atoms with Gasteiger partial charge in [-0.2, -0.15) is 0 Å². The SMILES string of the molecule is CC(=O)N[C@@H](CCC(=O)O)C(=O)N[C@@H](Cc1ccc(-c2ccccc2)cc1)C(=O)N[C@@H](CCCN=C(N)N)C(N)=O. The summed E-state index contributed by atoms with van der Waals surface area (Å²) in [5, 5.41) is 16.6. The van der Waals surface area contributed by atoms with Crippen molar-refractivity contribution >= 4 is 35.6 Å². The van der Waals surface area contributed by atoms with E-state index in [0.717, 1.165) is 11.1 Å². The molecule has 220 valence electrons. The first-order valence-electron chi connectivity index (χ1n) is 13.0. The van der Waals surface area contributed by atoms with Gasteiger partial charge >= 0.3 is 5.97 Å². The normalized spacial score (nSPS) is 12.7. The van der Waals surface area contributed by atoms with Crippen LogP contribution in [0.5, 0.6) is 0 Å². The minimum Gasteiger partial charge on any atom is -0.481 e. The third-order valence-electron chi connectivity index (χ3n) is 6.08. The lowest BCUT2D eigenvalue weighted by Gasteiger charge is -2.24. The highest BCUT2D eigenvalue weighted by Gasteiger charge is 2.29. The molecule has 13 nitrogen and oxygen atoms in total. The molecule has 0 aliphatic carbocycles. The average Bonchev–Trinajstić information content (AvgIpc) is 2.92. The molecule has 0 saturated heterocycles. The van der Waals surface area contributed by atoms with Gasteiger partial charge in [-0.05, 0) is 36.0 Å². The standard InChI is InChI=1S/C28H37N7O6/c1-17(36)33-22(13-14-24(37)38)26(40)35-23(27(41)34-21(25(29)39)8-5-15-32-28(30)31)16-18-9-11-20(12-10-18)19-6-3-2-4-7-19/h2-4,6-7,9-12,21-23H,5,8,13-16H2,1H3,(H2,29,39)(H,33,36)(H,34,41)(H,35,40)(H,37,38)(H4,30,31,32)/t21-,22-,23-/m0/s1. The van der Waals surface area contributed by atoms with Crippen molar-refractivity contribution in [1.82, 2.24) is 16.0 Å². The largest absolute Gasteiger partial charge is 0.481 e. The molecule has 0 aliphatic rings. The van der Waals surface area contributed by atoms with Gasteiger partial charge in [0.15, 0.2) is 5.96 Å². The molecule has 3 atom stereocenters. The predicted molar refractivity (Wildman–Crippen MR) is 153 cm³/mol. The van der Waals surface area contributed by atoms with Crippen LogP contribution in [0.4, 0.5) is 0 Å². The van der Waals surface area contributed by atoms with Crippen LogP contribution in [0, 0.1) is 0 Å². The molecule has 0 radical (unpaired) electrons. The summed E-state index contributed by atoms with van der Waals surface area (Å²) in [5.41, 5.74) is 18.8. The number of aliphatic imine (C=N–C) groups is 1. The Balaban J connectivity index is 2.26. The zero-order valence-electron chi connectivity index (χ0n) is 22.8. The van der Waals surface area contributed by atoms with Crippen molar-refractivity contribution in [3.8, 4) is 11.1 Å². The van der Waals surface area contributed by atoms with Gasteiger partial charge in [-0.3, -0.25) is 29.0 Å². The average molecular weight is 568 g/mol. The quantitative estimate of drug-likeness (QED) is 0.0811. The number of hydrogen-bond donors (Lipinski definition) is 7. The Bertz CT molecular complexity index is 1230. The van der Waals surface area contributed by atoms with Crippen LogP contribution in [0.15, 0.2) is 59.6 Å². The first-order chi connectivity index (χ1) is 19.5. The number of amides is 4. The molecule has 0 aromatic heterocycles. The van der Waals surface area contributed by atoms with Crippen molar-refractivity contribution in [3.63, 3.8) is 0 Å². The number of rotatable bonds is 16. The summed E-state index contributed by atoms with van der Waals surface area (Å²) in [4.78, 5) is 65.1. The maximum Gasteiger partial charge on any atom is 0.303 e. The van der Waals surface area contributed by atoms with Crippen molar-refractivity contribution in [2.75, 3.05) is 6.54 Å². The van der Waals surface area contributed by atoms with Crippen LogP contribution in [-0.4, -0.2) is 65.3 Å². The van der Waals surface area contributed by atoms with E-state index in [4.69, 9.17) is 22.3 Å². The number of carboxylic acids is 1. The highest BCUT2D eigenvalue weighted by molar-refractivity contribution is 5.94. The van der Waals surface area contributed by atoms with E-state index in [1.807, 2.05) is 54.6 Å². The van der Waals surface area contributed by atoms with E-state index in [1.54, 1.807) is 0 Å². The van der Waals surface area contributed by atoms with E-state index in [2.05, 4.69) is 20.9 Å². The number of benzene rings is 2. The van der Waals surface area contributed by atoms with Gasteiger partial charge < -0.3 is 38.3 Å². The van der Waals surface area contributed by atoms with Gasteiger partial charge in [0.25, 0.3) is 0 Å².